The predicted octanol–water partition coefficient (Wildman–Crippen LogP) is 1.33. The summed E-state index contributed by atoms with van der Waals surface area (Å²) in [5, 5.41) is 2.45. The van der Waals surface area contributed by atoms with E-state index in [2.05, 4.69) is 14.1 Å². The van der Waals surface area contributed by atoms with Crippen LogP contribution in [0.4, 0.5) is 0 Å². The average Bonchev–Trinajstić information content (AvgIpc) is 1.90. The maximum atomic E-state index is 4.65. The van der Waals surface area contributed by atoms with E-state index in [1.54, 1.807) is 6.20 Å². The zero-order chi connectivity index (χ0) is 4.95. The van der Waals surface area contributed by atoms with E-state index in [4.69, 9.17) is 0 Å². The third-order valence-electron chi connectivity index (χ3n) is 0.485. The molecule has 1 rings (SSSR count). The highest BCUT2D eigenvalue weighted by Crippen LogP contribution is 1.74. The van der Waals surface area contributed by atoms with E-state index in [9.17, 15) is 0 Å². The Hall–Kier alpha value is -1.12. The Labute approximate surface area is 40.2 Å². The van der Waals surface area contributed by atoms with E-state index in [1.165, 1.54) is 18.8 Å². The van der Waals surface area contributed by atoms with Crippen molar-refractivity contribution < 1.29 is 8.94 Å². The van der Waals surface area contributed by atoms with Crippen molar-refractivity contribution in [2.24, 2.45) is 0 Å². The van der Waals surface area contributed by atoms with E-state index >= 15 is 0 Å². The summed E-state index contributed by atoms with van der Waals surface area (Å²) in [7, 11) is 0. The molecule has 38 valence electrons. The van der Waals surface area contributed by atoms with Gasteiger partial charge in [-0.25, -0.2) is 5.16 Å². The molecule has 7 heavy (non-hydrogen) atoms. The van der Waals surface area contributed by atoms with Crippen LogP contribution in [-0.4, -0.2) is 5.16 Å². The second-order valence-corrected chi connectivity index (χ2v) is 0.947. The topological polar surface area (TPSA) is 42.1 Å². The fourth-order valence-corrected chi connectivity index (χ4v) is 0.251. The van der Waals surface area contributed by atoms with Gasteiger partial charge in [0, 0.05) is 0 Å². The van der Waals surface area contributed by atoms with Crippen LogP contribution >= 0.6 is 0 Å². The summed E-state index contributed by atoms with van der Waals surface area (Å²) < 4.78 is 9.20. The molecule has 3 nitrogen and oxygen atoms in total. The van der Waals surface area contributed by atoms with Crippen LogP contribution < -0.4 is 0 Å². The Morgan fingerprint density at radius 1 is 1.14 bits per heavy atom. The van der Waals surface area contributed by atoms with Gasteiger partial charge in [-0.3, -0.25) is 0 Å². The molecule has 1 N–H and O–H groups in total. The zero-order valence-electron chi connectivity index (χ0n) is 3.63. The molecule has 0 bridgehead atoms. The number of aromatic nitrogens is 1. The normalized spacial score (nSPS) is 8.00. The minimum absolute atomic E-state index is 1.40. The number of rotatable bonds is 0. The van der Waals surface area contributed by atoms with Crippen molar-refractivity contribution in [3.05, 3.63) is 25.0 Å². The second-order valence-electron chi connectivity index (χ2n) is 0.947. The van der Waals surface area contributed by atoms with Gasteiger partial charge in [0.05, 0.1) is 6.20 Å². The summed E-state index contributed by atoms with van der Waals surface area (Å²) in [4.78, 5) is 0. The van der Waals surface area contributed by atoms with Crippen LogP contribution in [0, 0.1) is 0 Å². The lowest BCUT2D eigenvalue weighted by atomic mass is 11.0. The van der Waals surface area contributed by atoms with Crippen LogP contribution in [0.2, 0.25) is 0 Å². The summed E-state index contributed by atoms with van der Waals surface area (Å²) in [6, 6.07) is 0. The highest BCUT2D eigenvalue weighted by atomic mass is 16.5. The number of hydrogen-bond acceptors (Lipinski definition) is 2. The Bertz CT molecular complexity index is 97.7. The van der Waals surface area contributed by atoms with Crippen molar-refractivity contribution >= 4 is 0 Å². The van der Waals surface area contributed by atoms with Gasteiger partial charge in [0.25, 0.3) is 0 Å². The molecule has 0 atom stereocenters. The van der Waals surface area contributed by atoms with Crippen molar-refractivity contribution in [1.82, 2.24) is 5.16 Å². The van der Waals surface area contributed by atoms with Crippen molar-refractivity contribution in [3.8, 4) is 0 Å². The molecule has 0 saturated heterocycles. The van der Waals surface area contributed by atoms with Gasteiger partial charge < -0.3 is 8.94 Å². The van der Waals surface area contributed by atoms with Gasteiger partial charge in [-0.1, -0.05) is 0 Å². The lowest BCUT2D eigenvalue weighted by Gasteiger charge is -1.62. The standard InChI is InChI=1S/C4H5NO2/c1-2-6-3-4-7-5-1/h1-5H. The quantitative estimate of drug-likeness (QED) is 0.533. The molecule has 1 aromatic rings. The third kappa shape index (κ3) is 1.17. The van der Waals surface area contributed by atoms with E-state index in [0.717, 1.165) is 0 Å². The molecule has 0 amide bonds. The van der Waals surface area contributed by atoms with Gasteiger partial charge in [-0.15, -0.1) is 0 Å². The van der Waals surface area contributed by atoms with Crippen LogP contribution in [0.1, 0.15) is 0 Å². The van der Waals surface area contributed by atoms with Crippen LogP contribution in [0.5, 0.6) is 0 Å². The first-order chi connectivity index (χ1) is 3.50. The third-order valence-corrected chi connectivity index (χ3v) is 0.485. The van der Waals surface area contributed by atoms with E-state index in [0.29, 0.717) is 0 Å². The monoisotopic (exact) mass is 99.0 g/mol. The first kappa shape index (κ1) is 4.05. The molecule has 1 heterocycles. The zero-order valence-corrected chi connectivity index (χ0v) is 3.63. The van der Waals surface area contributed by atoms with Crippen LogP contribution in [0.15, 0.2) is 33.9 Å². The number of aromatic amines is 1. The molecular weight excluding hydrogens is 94.0 g/mol. The minimum Gasteiger partial charge on any atom is -0.468 e. The molecule has 0 aromatic carbocycles. The second kappa shape index (κ2) is 2.12. The molecule has 0 aliphatic carbocycles. The Balaban J connectivity index is 3.06. The van der Waals surface area contributed by atoms with E-state index in [1.807, 2.05) is 0 Å². The largest absolute Gasteiger partial charge is 0.468 e. The molecule has 0 unspecified atom stereocenters. The number of H-pyrrole nitrogens is 1. The predicted molar refractivity (Wildman–Crippen MR) is 23.0 cm³/mol. The van der Waals surface area contributed by atoms with Gasteiger partial charge in [0.1, 0.15) is 12.5 Å². The Morgan fingerprint density at radius 2 is 2.14 bits per heavy atom. The highest BCUT2D eigenvalue weighted by Gasteiger charge is 1.58. The first-order valence-electron chi connectivity index (χ1n) is 1.87. The maximum absolute atomic E-state index is 4.65. The summed E-state index contributed by atoms with van der Waals surface area (Å²) in [5.74, 6) is 0. The molecule has 0 radical (unpaired) electrons. The summed E-state index contributed by atoms with van der Waals surface area (Å²) in [6.07, 6.45) is 5.85. The lowest BCUT2D eigenvalue weighted by Crippen LogP contribution is -1.48. The number of hydrogen-bond donors (Lipinski definition) is 1. The summed E-state index contributed by atoms with van der Waals surface area (Å²) in [6.45, 7) is 0. The van der Waals surface area contributed by atoms with Gasteiger partial charge in [0.2, 0.25) is 0 Å². The van der Waals surface area contributed by atoms with E-state index in [-0.39, 0.29) is 0 Å². The maximum Gasteiger partial charge on any atom is 0.154 e. The first-order valence-corrected chi connectivity index (χ1v) is 1.87. The molecule has 0 aliphatic heterocycles. The molecule has 0 aliphatic rings. The molecule has 3 heteroatoms. The van der Waals surface area contributed by atoms with Crippen molar-refractivity contribution in [3.63, 3.8) is 0 Å². The van der Waals surface area contributed by atoms with Gasteiger partial charge >= 0.3 is 0 Å². The summed E-state index contributed by atoms with van der Waals surface area (Å²) in [5.41, 5.74) is 0. The summed E-state index contributed by atoms with van der Waals surface area (Å²) >= 11 is 0. The fraction of sp³-hybridized carbons (Fsp3) is 0. The van der Waals surface area contributed by atoms with Crippen LogP contribution in [0.25, 0.3) is 0 Å². The number of nitrogens with one attached hydrogen (secondary N) is 1. The Morgan fingerprint density at radius 3 is 3.14 bits per heavy atom. The molecule has 0 fully saturated rings. The molecule has 0 spiro atoms. The Kier molecular flexibility index (Phi) is 1.23. The van der Waals surface area contributed by atoms with E-state index < -0.39 is 0 Å². The van der Waals surface area contributed by atoms with Gasteiger partial charge in [-0.2, -0.15) is 0 Å². The van der Waals surface area contributed by atoms with Crippen molar-refractivity contribution in [2.45, 2.75) is 0 Å². The highest BCUT2D eigenvalue weighted by molar-refractivity contribution is 4.53. The molecular formula is C4H5NO2. The fourth-order valence-electron chi connectivity index (χ4n) is 0.251. The SMILES string of the molecule is c1cocco[nH]1. The van der Waals surface area contributed by atoms with Gasteiger partial charge in [-0.05, 0) is 0 Å². The molecule has 0 saturated carbocycles. The average molecular weight is 99.1 g/mol. The smallest absolute Gasteiger partial charge is 0.154 e. The van der Waals surface area contributed by atoms with Crippen molar-refractivity contribution in [2.75, 3.05) is 0 Å². The van der Waals surface area contributed by atoms with Gasteiger partial charge in [0.15, 0.2) is 6.26 Å². The van der Waals surface area contributed by atoms with Crippen LogP contribution in [-0.2, 0) is 0 Å². The van der Waals surface area contributed by atoms with Crippen molar-refractivity contribution in [1.29, 1.82) is 0 Å². The molecule has 1 aromatic heterocycles. The lowest BCUT2D eigenvalue weighted by molar-refractivity contribution is 0.402. The van der Waals surface area contributed by atoms with Crippen LogP contribution in [0.3, 0.4) is 0 Å². The minimum atomic E-state index is 1.40.